The Balaban J connectivity index is 1.80. The van der Waals surface area contributed by atoms with Gasteiger partial charge in [0.25, 0.3) is 0 Å². The normalized spacial score (nSPS) is 20.1. The fourth-order valence-electron chi connectivity index (χ4n) is 2.28. The van der Waals surface area contributed by atoms with Crippen molar-refractivity contribution in [3.8, 4) is 0 Å². The molecule has 1 aromatic heterocycles. The molecule has 2 rings (SSSR count). The third-order valence-corrected chi connectivity index (χ3v) is 3.21. The quantitative estimate of drug-likeness (QED) is 0.610. The summed E-state index contributed by atoms with van der Waals surface area (Å²) in [5.41, 5.74) is 3.72. The molecule has 2 heterocycles. The smallest absolute Gasteiger partial charge is 0.139 e. The van der Waals surface area contributed by atoms with Crippen molar-refractivity contribution in [2.75, 3.05) is 25.6 Å². The van der Waals surface area contributed by atoms with Crippen LogP contribution in [0.1, 0.15) is 24.8 Å². The van der Waals surface area contributed by atoms with Gasteiger partial charge in [0.15, 0.2) is 0 Å². The summed E-state index contributed by atoms with van der Waals surface area (Å²) in [6.07, 6.45) is 5.92. The summed E-state index contributed by atoms with van der Waals surface area (Å²) in [5, 5.41) is 0. The molecule has 1 saturated heterocycles. The number of nitrogens with zero attached hydrogens (tertiary/aromatic N) is 2. The van der Waals surface area contributed by atoms with Gasteiger partial charge in [-0.25, -0.2) is 10.8 Å². The number of nitrogens with one attached hydrogen (secondary N) is 1. The molecular weight excluding hydrogens is 228 g/mol. The number of pyridine rings is 1. The lowest BCUT2D eigenvalue weighted by Gasteiger charge is -2.27. The molecule has 0 spiro atoms. The van der Waals surface area contributed by atoms with Gasteiger partial charge in [0.2, 0.25) is 0 Å². The van der Waals surface area contributed by atoms with Gasteiger partial charge in [-0.3, -0.25) is 4.90 Å². The second-order valence-corrected chi connectivity index (χ2v) is 4.88. The fourth-order valence-corrected chi connectivity index (χ4v) is 2.28. The van der Waals surface area contributed by atoms with E-state index in [9.17, 15) is 0 Å². The van der Waals surface area contributed by atoms with Crippen molar-refractivity contribution in [3.05, 3.63) is 23.9 Å². The zero-order chi connectivity index (χ0) is 12.8. The summed E-state index contributed by atoms with van der Waals surface area (Å²) in [6, 6.07) is 3.93. The summed E-state index contributed by atoms with van der Waals surface area (Å²) in [5.74, 6) is 5.98. The number of anilines is 1. The van der Waals surface area contributed by atoms with Crippen LogP contribution in [0.4, 0.5) is 5.82 Å². The van der Waals surface area contributed by atoms with E-state index in [0.717, 1.165) is 19.7 Å². The number of ether oxygens (including phenoxy) is 1. The molecule has 1 unspecified atom stereocenters. The Hall–Kier alpha value is -1.17. The van der Waals surface area contributed by atoms with Gasteiger partial charge in [-0.15, -0.1) is 0 Å². The van der Waals surface area contributed by atoms with Gasteiger partial charge in [-0.2, -0.15) is 0 Å². The van der Waals surface area contributed by atoms with Crippen molar-refractivity contribution in [3.63, 3.8) is 0 Å². The summed E-state index contributed by atoms with van der Waals surface area (Å²) in [6.45, 7) is 2.78. The maximum absolute atomic E-state index is 5.74. The number of hydrazine groups is 1. The fraction of sp³-hybridized carbons (Fsp3) is 0.615. The Morgan fingerprint density at radius 3 is 3.00 bits per heavy atom. The van der Waals surface area contributed by atoms with E-state index in [1.54, 1.807) is 0 Å². The summed E-state index contributed by atoms with van der Waals surface area (Å²) >= 11 is 0. The van der Waals surface area contributed by atoms with Crippen molar-refractivity contribution in [1.29, 1.82) is 0 Å². The van der Waals surface area contributed by atoms with Crippen molar-refractivity contribution < 1.29 is 4.74 Å². The maximum Gasteiger partial charge on any atom is 0.139 e. The largest absolute Gasteiger partial charge is 0.377 e. The first-order valence-corrected chi connectivity index (χ1v) is 6.49. The Bertz CT molecular complexity index is 349. The second kappa shape index (κ2) is 6.68. The Kier molecular flexibility index (Phi) is 4.92. The number of nitrogen functional groups attached to an aromatic ring is 1. The van der Waals surface area contributed by atoms with Crippen molar-refractivity contribution in [2.24, 2.45) is 5.84 Å². The van der Waals surface area contributed by atoms with Gasteiger partial charge in [-0.05, 0) is 37.9 Å². The number of nitrogens with two attached hydrogens (primary N) is 1. The molecule has 0 amide bonds. The van der Waals surface area contributed by atoms with Crippen LogP contribution in [0.2, 0.25) is 0 Å². The summed E-state index contributed by atoms with van der Waals surface area (Å²) in [7, 11) is 2.12. The molecule has 1 fully saturated rings. The highest BCUT2D eigenvalue weighted by Crippen LogP contribution is 2.14. The van der Waals surface area contributed by atoms with Crippen LogP contribution >= 0.6 is 0 Å². The van der Waals surface area contributed by atoms with Crippen LogP contribution < -0.4 is 11.3 Å². The summed E-state index contributed by atoms with van der Waals surface area (Å²) < 4.78 is 5.74. The molecule has 3 N–H and O–H groups in total. The van der Waals surface area contributed by atoms with E-state index < -0.39 is 0 Å². The van der Waals surface area contributed by atoms with Crippen LogP contribution in [0.3, 0.4) is 0 Å². The van der Waals surface area contributed by atoms with Crippen molar-refractivity contribution >= 4 is 5.82 Å². The molecule has 1 aliphatic rings. The van der Waals surface area contributed by atoms with E-state index in [1.165, 1.54) is 24.8 Å². The van der Waals surface area contributed by atoms with Crippen molar-refractivity contribution in [1.82, 2.24) is 9.88 Å². The van der Waals surface area contributed by atoms with Crippen LogP contribution in [-0.4, -0.2) is 36.2 Å². The monoisotopic (exact) mass is 250 g/mol. The SMILES string of the molecule is CN(Cc1ccc(NN)nc1)CC1CCCCO1. The van der Waals surface area contributed by atoms with Gasteiger partial charge in [0.1, 0.15) is 5.82 Å². The molecule has 0 saturated carbocycles. The van der Waals surface area contributed by atoms with Crippen LogP contribution in [0.15, 0.2) is 18.3 Å². The Labute approximate surface area is 108 Å². The van der Waals surface area contributed by atoms with Gasteiger partial charge >= 0.3 is 0 Å². The highest BCUT2D eigenvalue weighted by molar-refractivity contribution is 5.33. The minimum atomic E-state index is 0.390. The zero-order valence-electron chi connectivity index (χ0n) is 10.9. The molecule has 1 atom stereocenters. The molecule has 5 nitrogen and oxygen atoms in total. The first-order valence-electron chi connectivity index (χ1n) is 6.49. The predicted octanol–water partition coefficient (Wildman–Crippen LogP) is 1.37. The van der Waals surface area contributed by atoms with Gasteiger partial charge in [0, 0.05) is 25.9 Å². The first-order chi connectivity index (χ1) is 8.78. The molecule has 100 valence electrons. The Morgan fingerprint density at radius 2 is 2.39 bits per heavy atom. The molecule has 0 bridgehead atoms. The molecule has 0 aromatic carbocycles. The van der Waals surface area contributed by atoms with Gasteiger partial charge in [-0.1, -0.05) is 6.07 Å². The summed E-state index contributed by atoms with van der Waals surface area (Å²) in [4.78, 5) is 6.48. The van der Waals surface area contributed by atoms with Crippen molar-refractivity contribution in [2.45, 2.75) is 31.9 Å². The highest BCUT2D eigenvalue weighted by atomic mass is 16.5. The molecule has 1 aliphatic heterocycles. The highest BCUT2D eigenvalue weighted by Gasteiger charge is 2.15. The third-order valence-electron chi connectivity index (χ3n) is 3.21. The lowest BCUT2D eigenvalue weighted by Crippen LogP contribution is -2.33. The molecule has 18 heavy (non-hydrogen) atoms. The average Bonchev–Trinajstić information content (AvgIpc) is 2.40. The third kappa shape index (κ3) is 3.94. The van der Waals surface area contributed by atoms with E-state index in [1.807, 2.05) is 18.3 Å². The topological polar surface area (TPSA) is 63.4 Å². The van der Waals surface area contributed by atoms with E-state index >= 15 is 0 Å². The van der Waals surface area contributed by atoms with E-state index in [2.05, 4.69) is 22.4 Å². The number of rotatable bonds is 5. The predicted molar refractivity (Wildman–Crippen MR) is 72.0 cm³/mol. The maximum atomic E-state index is 5.74. The molecular formula is C13H22N4O. The molecule has 1 aromatic rings. The minimum absolute atomic E-state index is 0.390. The first kappa shape index (κ1) is 13.3. The zero-order valence-corrected chi connectivity index (χ0v) is 10.9. The standard InChI is InChI=1S/C13H22N4O/c1-17(10-12-4-2-3-7-18-12)9-11-5-6-13(16-14)15-8-11/h5-6,8,12H,2-4,7,9-10,14H2,1H3,(H,15,16). The number of hydrogen-bond acceptors (Lipinski definition) is 5. The van der Waals surface area contributed by atoms with Gasteiger partial charge in [0.05, 0.1) is 6.10 Å². The Morgan fingerprint density at radius 1 is 1.50 bits per heavy atom. The second-order valence-electron chi connectivity index (χ2n) is 4.88. The molecule has 0 radical (unpaired) electrons. The number of hydrogen-bond donors (Lipinski definition) is 2. The average molecular weight is 250 g/mol. The number of likely N-dealkylation sites (N-methyl/N-ethyl adjacent to an activating group) is 1. The van der Waals surface area contributed by atoms with E-state index in [4.69, 9.17) is 10.6 Å². The molecule has 0 aliphatic carbocycles. The van der Waals surface area contributed by atoms with Crippen LogP contribution in [0.5, 0.6) is 0 Å². The van der Waals surface area contributed by atoms with Gasteiger partial charge < -0.3 is 10.2 Å². The van der Waals surface area contributed by atoms with E-state index in [-0.39, 0.29) is 0 Å². The number of aromatic nitrogens is 1. The lowest BCUT2D eigenvalue weighted by molar-refractivity contribution is -0.00260. The van der Waals surface area contributed by atoms with Crippen LogP contribution in [-0.2, 0) is 11.3 Å². The molecule has 5 heteroatoms. The van der Waals surface area contributed by atoms with Crippen LogP contribution in [0, 0.1) is 0 Å². The lowest BCUT2D eigenvalue weighted by atomic mass is 10.1. The van der Waals surface area contributed by atoms with E-state index in [0.29, 0.717) is 11.9 Å². The minimum Gasteiger partial charge on any atom is -0.377 e. The van der Waals surface area contributed by atoms with Crippen LogP contribution in [0.25, 0.3) is 0 Å².